The van der Waals surface area contributed by atoms with Gasteiger partial charge < -0.3 is 20.8 Å². The molecular formula is C15H21Cl2FN4O2. The summed E-state index contributed by atoms with van der Waals surface area (Å²) in [6.07, 6.45) is 1.61. The topological polar surface area (TPSA) is 93.0 Å². The fourth-order valence-corrected chi connectivity index (χ4v) is 2.70. The number of ether oxygens (including phenoxy) is 1. The minimum Gasteiger partial charge on any atom is -0.381 e. The number of benzene rings is 1. The Morgan fingerprint density at radius 1 is 1.42 bits per heavy atom. The van der Waals surface area contributed by atoms with Crippen LogP contribution in [0.3, 0.4) is 0 Å². The van der Waals surface area contributed by atoms with Crippen molar-refractivity contribution in [3.05, 3.63) is 29.8 Å². The molecule has 1 saturated heterocycles. The van der Waals surface area contributed by atoms with Crippen LogP contribution in [0.1, 0.15) is 18.7 Å². The van der Waals surface area contributed by atoms with Crippen LogP contribution in [0.25, 0.3) is 11.0 Å². The van der Waals surface area contributed by atoms with E-state index < -0.39 is 6.04 Å². The number of amides is 1. The largest absolute Gasteiger partial charge is 0.381 e. The Balaban J connectivity index is 0.00000144. The minimum absolute atomic E-state index is 0. The second kappa shape index (κ2) is 9.17. The molecule has 9 heteroatoms. The third kappa shape index (κ3) is 4.80. The molecule has 3 rings (SSSR count). The zero-order valence-corrected chi connectivity index (χ0v) is 14.6. The zero-order valence-electron chi connectivity index (χ0n) is 13.0. The summed E-state index contributed by atoms with van der Waals surface area (Å²) in [5, 5.41) is 2.78. The molecule has 0 bridgehead atoms. The molecule has 1 aliphatic heterocycles. The van der Waals surface area contributed by atoms with Crippen LogP contribution in [0.4, 0.5) is 4.39 Å². The van der Waals surface area contributed by atoms with Crippen molar-refractivity contribution in [2.45, 2.75) is 25.4 Å². The molecule has 2 aromatic rings. The van der Waals surface area contributed by atoms with Gasteiger partial charge in [0.05, 0.1) is 23.6 Å². The molecule has 0 aliphatic carbocycles. The summed E-state index contributed by atoms with van der Waals surface area (Å²) in [6.45, 7) is 1.55. The number of imidazole rings is 1. The Labute approximate surface area is 151 Å². The first kappa shape index (κ1) is 20.6. The molecule has 4 N–H and O–H groups in total. The first-order chi connectivity index (χ1) is 10.6. The van der Waals surface area contributed by atoms with Gasteiger partial charge in [-0.2, -0.15) is 0 Å². The molecule has 0 spiro atoms. The van der Waals surface area contributed by atoms with E-state index in [1.165, 1.54) is 12.1 Å². The Kier molecular flexibility index (Phi) is 7.89. The molecule has 1 fully saturated rings. The quantitative estimate of drug-likeness (QED) is 0.757. The van der Waals surface area contributed by atoms with Crippen LogP contribution in [-0.2, 0) is 16.1 Å². The summed E-state index contributed by atoms with van der Waals surface area (Å²) in [5.41, 5.74) is 7.28. The monoisotopic (exact) mass is 378 g/mol. The maximum Gasteiger partial charge on any atom is 0.237 e. The van der Waals surface area contributed by atoms with Gasteiger partial charge in [-0.25, -0.2) is 9.37 Å². The number of nitrogens with one attached hydrogen (secondary N) is 2. The molecule has 1 aromatic heterocycles. The number of aromatic nitrogens is 2. The van der Waals surface area contributed by atoms with Crippen LogP contribution >= 0.6 is 24.8 Å². The molecule has 2 heterocycles. The molecule has 1 amide bonds. The smallest absolute Gasteiger partial charge is 0.237 e. The van der Waals surface area contributed by atoms with E-state index in [1.807, 2.05) is 0 Å². The summed E-state index contributed by atoms with van der Waals surface area (Å²) in [6, 6.07) is 3.79. The average molecular weight is 379 g/mol. The summed E-state index contributed by atoms with van der Waals surface area (Å²) in [5.74, 6) is 0.207. The highest BCUT2D eigenvalue weighted by Gasteiger charge is 2.26. The van der Waals surface area contributed by atoms with E-state index >= 15 is 0 Å². The lowest BCUT2D eigenvalue weighted by atomic mass is 9.92. The molecule has 1 unspecified atom stereocenters. The van der Waals surface area contributed by atoms with Gasteiger partial charge in [-0.1, -0.05) is 0 Å². The van der Waals surface area contributed by atoms with Crippen molar-refractivity contribution in [3.63, 3.8) is 0 Å². The molecule has 1 aliphatic rings. The molecule has 1 aromatic carbocycles. The van der Waals surface area contributed by atoms with Crippen molar-refractivity contribution in [1.82, 2.24) is 15.3 Å². The van der Waals surface area contributed by atoms with Crippen molar-refractivity contribution in [2.75, 3.05) is 13.2 Å². The van der Waals surface area contributed by atoms with Crippen LogP contribution in [-0.4, -0.2) is 35.1 Å². The molecule has 0 saturated carbocycles. The second-order valence-corrected chi connectivity index (χ2v) is 5.54. The third-order valence-corrected chi connectivity index (χ3v) is 4.00. The number of nitrogens with zero attached hydrogens (tertiary/aromatic N) is 1. The fraction of sp³-hybridized carbons (Fsp3) is 0.467. The van der Waals surface area contributed by atoms with Crippen LogP contribution in [0, 0.1) is 11.7 Å². The highest BCUT2D eigenvalue weighted by atomic mass is 35.5. The van der Waals surface area contributed by atoms with Crippen molar-refractivity contribution in [3.8, 4) is 0 Å². The Morgan fingerprint density at radius 2 is 2.12 bits per heavy atom. The number of H-pyrrole nitrogens is 1. The number of hydrogen-bond donors (Lipinski definition) is 3. The molecule has 134 valence electrons. The molecule has 24 heavy (non-hydrogen) atoms. The van der Waals surface area contributed by atoms with E-state index in [4.69, 9.17) is 10.5 Å². The van der Waals surface area contributed by atoms with Crippen LogP contribution in [0.2, 0.25) is 0 Å². The van der Waals surface area contributed by atoms with Crippen LogP contribution in [0.15, 0.2) is 18.2 Å². The number of fused-ring (bicyclic) bond motifs is 1. The lowest BCUT2D eigenvalue weighted by Gasteiger charge is -2.26. The van der Waals surface area contributed by atoms with E-state index in [0.717, 1.165) is 12.8 Å². The highest BCUT2D eigenvalue weighted by Crippen LogP contribution is 2.18. The highest BCUT2D eigenvalue weighted by molar-refractivity contribution is 5.85. The van der Waals surface area contributed by atoms with Gasteiger partial charge in [0.25, 0.3) is 0 Å². The SMILES string of the molecule is Cl.Cl.NC(C(=O)NCc1nc2ccc(F)cc2[nH]1)C1CCOCC1. The van der Waals surface area contributed by atoms with Crippen molar-refractivity contribution in [2.24, 2.45) is 11.7 Å². The van der Waals surface area contributed by atoms with Crippen LogP contribution in [0.5, 0.6) is 0 Å². The predicted molar refractivity (Wildman–Crippen MR) is 93.9 cm³/mol. The van der Waals surface area contributed by atoms with Gasteiger partial charge in [-0.15, -0.1) is 24.8 Å². The fourth-order valence-electron chi connectivity index (χ4n) is 2.70. The number of nitrogens with two attached hydrogens (primary N) is 1. The maximum atomic E-state index is 13.1. The van der Waals surface area contributed by atoms with Gasteiger partial charge in [0.2, 0.25) is 5.91 Å². The van der Waals surface area contributed by atoms with E-state index in [0.29, 0.717) is 30.1 Å². The summed E-state index contributed by atoms with van der Waals surface area (Å²) >= 11 is 0. The number of aromatic amines is 1. The van der Waals surface area contributed by atoms with Gasteiger partial charge in [-0.3, -0.25) is 4.79 Å². The van der Waals surface area contributed by atoms with Gasteiger partial charge in [0.1, 0.15) is 11.6 Å². The van der Waals surface area contributed by atoms with E-state index in [-0.39, 0.29) is 49.0 Å². The standard InChI is InChI=1S/C15H19FN4O2.2ClH/c16-10-1-2-11-12(7-10)20-13(19-11)8-18-15(21)14(17)9-3-5-22-6-4-9;;/h1-2,7,9,14H,3-6,8,17H2,(H,18,21)(H,19,20);2*1H. The summed E-state index contributed by atoms with van der Waals surface area (Å²) in [7, 11) is 0. The minimum atomic E-state index is -0.536. The molecular weight excluding hydrogens is 358 g/mol. The number of rotatable bonds is 4. The third-order valence-electron chi connectivity index (χ3n) is 4.00. The summed E-state index contributed by atoms with van der Waals surface area (Å²) in [4.78, 5) is 19.4. The normalized spacial score (nSPS) is 16.1. The molecule has 0 radical (unpaired) electrons. The molecule has 6 nitrogen and oxygen atoms in total. The van der Waals surface area contributed by atoms with E-state index in [1.54, 1.807) is 6.07 Å². The number of carbonyl (C=O) groups is 1. The van der Waals surface area contributed by atoms with E-state index in [2.05, 4.69) is 15.3 Å². The predicted octanol–water partition coefficient (Wildman–Crippen LogP) is 1.92. The van der Waals surface area contributed by atoms with Gasteiger partial charge in [0, 0.05) is 13.2 Å². The first-order valence-electron chi connectivity index (χ1n) is 7.38. The van der Waals surface area contributed by atoms with Crippen molar-refractivity contribution in [1.29, 1.82) is 0 Å². The van der Waals surface area contributed by atoms with Crippen LogP contribution < -0.4 is 11.1 Å². The van der Waals surface area contributed by atoms with E-state index in [9.17, 15) is 9.18 Å². The Bertz CT molecular complexity index is 677. The Morgan fingerprint density at radius 3 is 2.83 bits per heavy atom. The van der Waals surface area contributed by atoms with Gasteiger partial charge >= 0.3 is 0 Å². The van der Waals surface area contributed by atoms with Crippen molar-refractivity contribution >= 4 is 41.8 Å². The maximum absolute atomic E-state index is 13.1. The summed E-state index contributed by atoms with van der Waals surface area (Å²) < 4.78 is 18.4. The second-order valence-electron chi connectivity index (χ2n) is 5.54. The lowest BCUT2D eigenvalue weighted by molar-refractivity contribution is -0.124. The van der Waals surface area contributed by atoms with Crippen molar-refractivity contribution < 1.29 is 13.9 Å². The zero-order chi connectivity index (χ0) is 15.5. The number of hydrogen-bond acceptors (Lipinski definition) is 4. The molecule has 1 atom stereocenters. The Hall–Kier alpha value is -1.41. The lowest BCUT2D eigenvalue weighted by Crippen LogP contribution is -2.46. The van der Waals surface area contributed by atoms with Gasteiger partial charge in [-0.05, 0) is 37.0 Å². The average Bonchev–Trinajstić information content (AvgIpc) is 2.94. The van der Waals surface area contributed by atoms with Gasteiger partial charge in [0.15, 0.2) is 0 Å². The number of halogens is 3. The first-order valence-corrected chi connectivity index (χ1v) is 7.38. The number of carbonyl (C=O) groups excluding carboxylic acids is 1.